The first-order valence-electron chi connectivity index (χ1n) is 8.11. The van der Waals surface area contributed by atoms with E-state index < -0.39 is 11.7 Å². The van der Waals surface area contributed by atoms with E-state index >= 15 is 0 Å². The molecular weight excluding hydrogens is 317 g/mol. The zero-order valence-electron chi connectivity index (χ0n) is 14.3. The summed E-state index contributed by atoms with van der Waals surface area (Å²) < 4.78 is 13.6. The zero-order valence-corrected chi connectivity index (χ0v) is 14.3. The van der Waals surface area contributed by atoms with E-state index in [9.17, 15) is 14.4 Å². The van der Waals surface area contributed by atoms with E-state index in [-0.39, 0.29) is 11.3 Å². The van der Waals surface area contributed by atoms with Crippen molar-refractivity contribution < 1.29 is 9.18 Å². The molecule has 1 amide bonds. The largest absolute Gasteiger partial charge is 0.372 e. The number of para-hydroxylation sites is 1. The van der Waals surface area contributed by atoms with Crippen molar-refractivity contribution in [3.63, 3.8) is 0 Å². The molecule has 0 saturated carbocycles. The molecule has 0 saturated heterocycles. The molecule has 0 bridgehead atoms. The minimum Gasteiger partial charge on any atom is -0.372 e. The van der Waals surface area contributed by atoms with E-state index in [1.807, 2.05) is 30.3 Å². The van der Waals surface area contributed by atoms with Crippen molar-refractivity contribution >= 4 is 23.4 Å². The van der Waals surface area contributed by atoms with Gasteiger partial charge in [-0.3, -0.25) is 4.79 Å². The van der Waals surface area contributed by atoms with Crippen LogP contribution in [-0.2, 0) is 4.79 Å². The van der Waals surface area contributed by atoms with Crippen molar-refractivity contribution in [2.24, 2.45) is 0 Å². The highest BCUT2D eigenvalue weighted by atomic mass is 19.1. The first-order valence-corrected chi connectivity index (χ1v) is 8.11. The fraction of sp³-hybridized carbons (Fsp3) is 0.200. The third-order valence-electron chi connectivity index (χ3n) is 3.82. The monoisotopic (exact) mass is 337 g/mol. The van der Waals surface area contributed by atoms with Gasteiger partial charge >= 0.3 is 0 Å². The Balaban J connectivity index is 2.18. The first-order chi connectivity index (χ1) is 12.1. The Labute approximate surface area is 147 Å². The quantitative estimate of drug-likeness (QED) is 0.634. The number of carbonyl (C=O) groups is 1. The molecule has 2 aromatic carbocycles. The molecule has 5 heteroatoms. The van der Waals surface area contributed by atoms with Crippen molar-refractivity contribution in [2.75, 3.05) is 23.3 Å². The maximum absolute atomic E-state index is 13.6. The number of benzene rings is 2. The van der Waals surface area contributed by atoms with Gasteiger partial charge < -0.3 is 10.2 Å². The van der Waals surface area contributed by atoms with Gasteiger partial charge in [-0.05, 0) is 49.8 Å². The second-order valence-corrected chi connectivity index (χ2v) is 5.37. The third-order valence-corrected chi connectivity index (χ3v) is 3.82. The number of amides is 1. The molecule has 0 heterocycles. The second kappa shape index (κ2) is 8.65. The summed E-state index contributed by atoms with van der Waals surface area (Å²) in [7, 11) is 0. The van der Waals surface area contributed by atoms with Crippen LogP contribution >= 0.6 is 0 Å². The molecule has 0 spiro atoms. The van der Waals surface area contributed by atoms with Crippen LogP contribution in [0, 0.1) is 17.1 Å². The second-order valence-electron chi connectivity index (χ2n) is 5.37. The summed E-state index contributed by atoms with van der Waals surface area (Å²) in [6.45, 7) is 5.97. The van der Waals surface area contributed by atoms with Crippen molar-refractivity contribution in [2.45, 2.75) is 13.8 Å². The zero-order chi connectivity index (χ0) is 18.2. The summed E-state index contributed by atoms with van der Waals surface area (Å²) in [5, 5.41) is 11.7. The molecule has 0 unspecified atom stereocenters. The number of hydrogen-bond donors (Lipinski definition) is 1. The molecule has 0 fully saturated rings. The lowest BCUT2D eigenvalue weighted by Crippen LogP contribution is -2.21. The molecule has 0 aliphatic heterocycles. The maximum atomic E-state index is 13.6. The maximum Gasteiger partial charge on any atom is 0.266 e. The summed E-state index contributed by atoms with van der Waals surface area (Å²) in [6.07, 6.45) is 1.49. The highest BCUT2D eigenvalue weighted by Crippen LogP contribution is 2.18. The lowest BCUT2D eigenvalue weighted by Gasteiger charge is -2.20. The van der Waals surface area contributed by atoms with Crippen molar-refractivity contribution in [1.82, 2.24) is 0 Å². The Hall–Kier alpha value is -3.13. The lowest BCUT2D eigenvalue weighted by atomic mass is 10.1. The molecule has 1 N–H and O–H groups in total. The van der Waals surface area contributed by atoms with Crippen LogP contribution in [0.3, 0.4) is 0 Å². The Morgan fingerprint density at radius 2 is 1.80 bits per heavy atom. The van der Waals surface area contributed by atoms with E-state index in [4.69, 9.17) is 0 Å². The number of nitriles is 1. The van der Waals surface area contributed by atoms with Gasteiger partial charge in [-0.25, -0.2) is 4.39 Å². The van der Waals surface area contributed by atoms with E-state index in [1.165, 1.54) is 24.3 Å². The number of carbonyl (C=O) groups excluding carboxylic acids is 1. The molecule has 0 aromatic heterocycles. The predicted octanol–water partition coefficient (Wildman–Crippen LogP) is 4.22. The summed E-state index contributed by atoms with van der Waals surface area (Å²) >= 11 is 0. The molecule has 2 rings (SSSR count). The summed E-state index contributed by atoms with van der Waals surface area (Å²) in [4.78, 5) is 14.4. The number of nitrogens with zero attached hydrogens (tertiary/aromatic N) is 2. The normalized spacial score (nSPS) is 10.9. The molecule has 2 aromatic rings. The van der Waals surface area contributed by atoms with Crippen LogP contribution in [0.2, 0.25) is 0 Å². The molecule has 0 aliphatic rings. The van der Waals surface area contributed by atoms with Crippen LogP contribution in [0.15, 0.2) is 54.1 Å². The number of hydrogen-bond acceptors (Lipinski definition) is 3. The van der Waals surface area contributed by atoms with Crippen LogP contribution in [0.4, 0.5) is 15.8 Å². The smallest absolute Gasteiger partial charge is 0.266 e. The molecule has 128 valence electrons. The van der Waals surface area contributed by atoms with Crippen LogP contribution in [0.1, 0.15) is 19.4 Å². The van der Waals surface area contributed by atoms with Gasteiger partial charge in [0, 0.05) is 18.8 Å². The van der Waals surface area contributed by atoms with Crippen molar-refractivity contribution in [1.29, 1.82) is 5.26 Å². The summed E-state index contributed by atoms with van der Waals surface area (Å²) in [5.41, 5.74) is 1.77. The van der Waals surface area contributed by atoms with Gasteiger partial charge in [0.15, 0.2) is 0 Å². The Kier molecular flexibility index (Phi) is 6.30. The highest BCUT2D eigenvalue weighted by molar-refractivity contribution is 6.09. The van der Waals surface area contributed by atoms with Gasteiger partial charge in [0.1, 0.15) is 17.5 Å². The molecule has 0 atom stereocenters. The topological polar surface area (TPSA) is 56.1 Å². The Morgan fingerprint density at radius 3 is 2.36 bits per heavy atom. The van der Waals surface area contributed by atoms with Gasteiger partial charge in [-0.15, -0.1) is 0 Å². The average molecular weight is 337 g/mol. The predicted molar refractivity (Wildman–Crippen MR) is 98.6 cm³/mol. The van der Waals surface area contributed by atoms with Crippen molar-refractivity contribution in [3.05, 3.63) is 65.5 Å². The fourth-order valence-corrected chi connectivity index (χ4v) is 2.44. The highest BCUT2D eigenvalue weighted by Gasteiger charge is 2.12. The Morgan fingerprint density at radius 1 is 1.16 bits per heavy atom. The van der Waals surface area contributed by atoms with Gasteiger partial charge in [0.05, 0.1) is 5.69 Å². The lowest BCUT2D eigenvalue weighted by molar-refractivity contribution is -0.112. The number of nitrogens with one attached hydrogen (secondary N) is 1. The average Bonchev–Trinajstić information content (AvgIpc) is 2.63. The number of rotatable bonds is 6. The fourth-order valence-electron chi connectivity index (χ4n) is 2.44. The van der Waals surface area contributed by atoms with Gasteiger partial charge in [-0.1, -0.05) is 24.3 Å². The van der Waals surface area contributed by atoms with E-state index in [2.05, 4.69) is 24.1 Å². The summed E-state index contributed by atoms with van der Waals surface area (Å²) in [6, 6.07) is 15.3. The van der Waals surface area contributed by atoms with Crippen LogP contribution in [0.25, 0.3) is 6.08 Å². The number of halogens is 1. The van der Waals surface area contributed by atoms with Gasteiger partial charge in [0.25, 0.3) is 5.91 Å². The standard InChI is InChI=1S/C20H20FN3O/c1-3-24(4-2)17-11-9-15(10-12-17)13-16(14-22)20(25)23-19-8-6-5-7-18(19)21/h5-13H,3-4H2,1-2H3,(H,23,25)/b16-13-. The minimum atomic E-state index is -0.639. The van der Waals surface area contributed by atoms with E-state index in [0.717, 1.165) is 24.3 Å². The van der Waals surface area contributed by atoms with Crippen LogP contribution in [-0.4, -0.2) is 19.0 Å². The molecule has 25 heavy (non-hydrogen) atoms. The third kappa shape index (κ3) is 4.67. The molecule has 0 aliphatic carbocycles. The molecule has 4 nitrogen and oxygen atoms in total. The van der Waals surface area contributed by atoms with Crippen molar-refractivity contribution in [3.8, 4) is 6.07 Å². The van der Waals surface area contributed by atoms with Crippen LogP contribution < -0.4 is 10.2 Å². The van der Waals surface area contributed by atoms with E-state index in [1.54, 1.807) is 6.07 Å². The van der Waals surface area contributed by atoms with Crippen LogP contribution in [0.5, 0.6) is 0 Å². The molecular formula is C20H20FN3O. The summed E-state index contributed by atoms with van der Waals surface area (Å²) in [5.74, 6) is -1.18. The first kappa shape index (κ1) is 18.2. The molecule has 0 radical (unpaired) electrons. The Bertz CT molecular complexity index is 802. The SMILES string of the molecule is CCN(CC)c1ccc(/C=C(/C#N)C(=O)Nc2ccccc2F)cc1. The van der Waals surface area contributed by atoms with E-state index in [0.29, 0.717) is 0 Å². The minimum absolute atomic E-state index is 0.0468. The van der Waals surface area contributed by atoms with Gasteiger partial charge in [0.2, 0.25) is 0 Å². The van der Waals surface area contributed by atoms with Gasteiger partial charge in [-0.2, -0.15) is 5.26 Å². The number of anilines is 2.